The van der Waals surface area contributed by atoms with E-state index in [2.05, 4.69) is 88.7 Å². The SMILES string of the molecule is c1ccc(N2c3cc4oc5ccccc5c4cc3B3c4cc5c(cc4N(c4ccccn4)c4cccc2c43)oc2ccccc25)nc1. The Morgan fingerprint density at radius 1 is 0.426 bits per heavy atom. The summed E-state index contributed by atoms with van der Waals surface area (Å²) in [6.07, 6.45) is 3.71. The normalized spacial score (nSPS) is 13.4. The number of hydrogen-bond acceptors (Lipinski definition) is 6. The summed E-state index contributed by atoms with van der Waals surface area (Å²) in [6.45, 7) is -0.0674. The molecule has 0 N–H and O–H groups in total. The van der Waals surface area contributed by atoms with Crippen LogP contribution in [0.15, 0.2) is 149 Å². The van der Waals surface area contributed by atoms with Crippen LogP contribution < -0.4 is 26.2 Å². The molecule has 7 heteroatoms. The highest BCUT2D eigenvalue weighted by Gasteiger charge is 2.44. The fraction of sp³-hybridized carbons (Fsp3) is 0. The van der Waals surface area contributed by atoms with Crippen LogP contribution in [0.5, 0.6) is 0 Å². The molecular weight excluding hydrogens is 579 g/mol. The molecule has 2 aliphatic rings. The number of nitrogens with zero attached hydrogens (tertiary/aromatic N) is 4. The van der Waals surface area contributed by atoms with Crippen LogP contribution in [-0.2, 0) is 0 Å². The van der Waals surface area contributed by atoms with Crippen LogP contribution >= 0.6 is 0 Å². The second-order valence-corrected chi connectivity index (χ2v) is 12.2. The lowest BCUT2D eigenvalue weighted by Crippen LogP contribution is -2.61. The van der Waals surface area contributed by atoms with Gasteiger partial charge in [-0.25, -0.2) is 9.97 Å². The minimum Gasteiger partial charge on any atom is -0.456 e. The monoisotopic (exact) mass is 602 g/mol. The first-order valence-corrected chi connectivity index (χ1v) is 15.8. The molecule has 0 aliphatic carbocycles. The van der Waals surface area contributed by atoms with Crippen LogP contribution in [0.2, 0.25) is 0 Å². The van der Waals surface area contributed by atoms with Gasteiger partial charge in [0.05, 0.1) is 0 Å². The molecule has 0 fully saturated rings. The second-order valence-electron chi connectivity index (χ2n) is 12.2. The van der Waals surface area contributed by atoms with Crippen molar-refractivity contribution >= 4 is 101 Å². The average Bonchev–Trinajstić information content (AvgIpc) is 3.68. The molecule has 0 saturated heterocycles. The Morgan fingerprint density at radius 3 is 1.40 bits per heavy atom. The highest BCUT2D eigenvalue weighted by molar-refractivity contribution is 7.00. The molecule has 6 nitrogen and oxygen atoms in total. The van der Waals surface area contributed by atoms with Crippen LogP contribution in [-0.4, -0.2) is 16.7 Å². The lowest BCUT2D eigenvalue weighted by molar-refractivity contribution is 0.668. The molecule has 0 atom stereocenters. The molecule has 2 aliphatic heterocycles. The first-order valence-electron chi connectivity index (χ1n) is 15.8. The second kappa shape index (κ2) is 9.11. The van der Waals surface area contributed by atoms with Crippen molar-refractivity contribution in [1.29, 1.82) is 0 Å². The Bertz CT molecular complexity index is 2540. The molecule has 0 bridgehead atoms. The number of para-hydroxylation sites is 2. The summed E-state index contributed by atoms with van der Waals surface area (Å²) in [5.41, 5.74) is 11.3. The topological polar surface area (TPSA) is 58.5 Å². The zero-order valence-corrected chi connectivity index (χ0v) is 25.0. The van der Waals surface area contributed by atoms with Crippen molar-refractivity contribution in [2.75, 3.05) is 9.80 Å². The van der Waals surface area contributed by atoms with E-state index in [4.69, 9.17) is 18.8 Å². The van der Waals surface area contributed by atoms with Crippen molar-refractivity contribution in [3.05, 3.63) is 140 Å². The van der Waals surface area contributed by atoms with Gasteiger partial charge in [0.25, 0.3) is 6.71 Å². The minimum atomic E-state index is -0.0674. The summed E-state index contributed by atoms with van der Waals surface area (Å²) in [7, 11) is 0. The quantitative estimate of drug-likeness (QED) is 0.185. The molecule has 0 radical (unpaired) electrons. The van der Waals surface area contributed by atoms with Crippen LogP contribution in [0.1, 0.15) is 0 Å². The van der Waals surface area contributed by atoms with Crippen molar-refractivity contribution in [2.24, 2.45) is 0 Å². The van der Waals surface area contributed by atoms with Gasteiger partial charge in [-0.2, -0.15) is 0 Å². The van der Waals surface area contributed by atoms with Gasteiger partial charge < -0.3 is 8.83 Å². The van der Waals surface area contributed by atoms with Crippen molar-refractivity contribution in [3.8, 4) is 0 Å². The van der Waals surface area contributed by atoms with E-state index in [-0.39, 0.29) is 6.71 Å². The number of fused-ring (bicyclic) bond motifs is 10. The summed E-state index contributed by atoms with van der Waals surface area (Å²) in [6, 6.07) is 44.3. The number of rotatable bonds is 2. The number of benzene rings is 5. The smallest absolute Gasteiger partial charge is 0.252 e. The lowest BCUT2D eigenvalue weighted by Gasteiger charge is -2.43. The molecule has 9 aromatic rings. The van der Waals surface area contributed by atoms with E-state index in [0.717, 1.165) is 78.3 Å². The highest BCUT2D eigenvalue weighted by Crippen LogP contribution is 2.45. The summed E-state index contributed by atoms with van der Waals surface area (Å²) < 4.78 is 12.9. The summed E-state index contributed by atoms with van der Waals surface area (Å²) >= 11 is 0. The van der Waals surface area contributed by atoms with Gasteiger partial charge in [-0.05, 0) is 64.9 Å². The Labute approximate surface area is 269 Å². The number of hydrogen-bond donors (Lipinski definition) is 0. The maximum Gasteiger partial charge on any atom is 0.252 e. The Balaban J connectivity index is 1.30. The first kappa shape index (κ1) is 24.9. The van der Waals surface area contributed by atoms with Crippen LogP contribution in [0.4, 0.5) is 34.4 Å². The van der Waals surface area contributed by atoms with Gasteiger partial charge in [-0.15, -0.1) is 0 Å². The molecule has 0 spiro atoms. The van der Waals surface area contributed by atoms with Gasteiger partial charge in [0, 0.05) is 68.8 Å². The first-order chi connectivity index (χ1) is 23.3. The Morgan fingerprint density at radius 2 is 0.915 bits per heavy atom. The molecule has 218 valence electrons. The fourth-order valence-electron chi connectivity index (χ4n) is 7.84. The lowest BCUT2D eigenvalue weighted by atomic mass is 9.33. The molecule has 11 rings (SSSR count). The van der Waals surface area contributed by atoms with Crippen LogP contribution in [0.25, 0.3) is 43.9 Å². The van der Waals surface area contributed by atoms with Crippen molar-refractivity contribution in [3.63, 3.8) is 0 Å². The van der Waals surface area contributed by atoms with Gasteiger partial charge in [0.2, 0.25) is 0 Å². The van der Waals surface area contributed by atoms with Gasteiger partial charge in [0.1, 0.15) is 34.0 Å². The van der Waals surface area contributed by atoms with Gasteiger partial charge in [-0.1, -0.05) is 66.7 Å². The van der Waals surface area contributed by atoms with E-state index in [1.807, 2.05) is 60.9 Å². The van der Waals surface area contributed by atoms with Crippen molar-refractivity contribution in [1.82, 2.24) is 9.97 Å². The van der Waals surface area contributed by atoms with Gasteiger partial charge >= 0.3 is 0 Å². The zero-order valence-electron chi connectivity index (χ0n) is 25.0. The van der Waals surface area contributed by atoms with E-state index in [1.165, 1.54) is 16.4 Å². The van der Waals surface area contributed by atoms with E-state index < -0.39 is 0 Å². The van der Waals surface area contributed by atoms with Gasteiger partial charge in [-0.3, -0.25) is 9.80 Å². The summed E-state index contributed by atoms with van der Waals surface area (Å²) in [4.78, 5) is 14.3. The molecule has 47 heavy (non-hydrogen) atoms. The predicted octanol–water partition coefficient (Wildman–Crippen LogP) is 8.36. The summed E-state index contributed by atoms with van der Waals surface area (Å²) in [5, 5.41) is 4.42. The van der Waals surface area contributed by atoms with Crippen molar-refractivity contribution < 1.29 is 8.83 Å². The molecule has 6 heterocycles. The largest absolute Gasteiger partial charge is 0.456 e. The molecule has 4 aromatic heterocycles. The van der Waals surface area contributed by atoms with Crippen LogP contribution in [0.3, 0.4) is 0 Å². The number of furan rings is 2. The zero-order chi connectivity index (χ0) is 30.6. The molecule has 0 saturated carbocycles. The molecule has 0 amide bonds. The van der Waals surface area contributed by atoms with E-state index in [0.29, 0.717) is 0 Å². The Hall–Kier alpha value is -6.34. The number of aromatic nitrogens is 2. The standard InChI is InChI=1S/C40H23BN4O2/c1-3-14-34-24(10-1)26-20-28-32(22-36(26)46-34)44(38-16-5-7-18-42-38)30-12-9-13-31-40(30)41(28)29-21-27-25-11-2-4-15-35(25)47-37(27)23-33(29)45(31)39-17-6-8-19-43-39/h1-23H. The third-order valence-corrected chi connectivity index (χ3v) is 9.74. The third-order valence-electron chi connectivity index (χ3n) is 9.74. The molecule has 0 unspecified atom stereocenters. The number of pyridine rings is 2. The average molecular weight is 602 g/mol. The molecule has 5 aromatic carbocycles. The Kier molecular flexibility index (Phi) is 4.83. The van der Waals surface area contributed by atoms with Crippen molar-refractivity contribution in [2.45, 2.75) is 0 Å². The van der Waals surface area contributed by atoms with E-state index >= 15 is 0 Å². The van der Waals surface area contributed by atoms with Gasteiger partial charge in [0.15, 0.2) is 0 Å². The fourth-order valence-corrected chi connectivity index (χ4v) is 7.84. The van der Waals surface area contributed by atoms with E-state index in [9.17, 15) is 0 Å². The third kappa shape index (κ3) is 3.35. The highest BCUT2D eigenvalue weighted by atomic mass is 16.3. The minimum absolute atomic E-state index is 0.0674. The number of anilines is 6. The maximum atomic E-state index is 6.46. The maximum absolute atomic E-state index is 6.46. The molecular formula is C40H23BN4O2. The summed E-state index contributed by atoms with van der Waals surface area (Å²) in [5.74, 6) is 1.70. The van der Waals surface area contributed by atoms with E-state index in [1.54, 1.807) is 0 Å². The predicted molar refractivity (Wildman–Crippen MR) is 191 cm³/mol. The van der Waals surface area contributed by atoms with Crippen LogP contribution in [0, 0.1) is 0 Å².